The molecule has 2 aromatic heterocycles. The van der Waals surface area contributed by atoms with Crippen molar-refractivity contribution in [3.63, 3.8) is 0 Å². The van der Waals surface area contributed by atoms with E-state index >= 15 is 0 Å². The van der Waals surface area contributed by atoms with Crippen molar-refractivity contribution in [1.29, 1.82) is 0 Å². The van der Waals surface area contributed by atoms with Gasteiger partial charge < -0.3 is 10.2 Å². The van der Waals surface area contributed by atoms with E-state index in [1.165, 1.54) is 37.1 Å². The summed E-state index contributed by atoms with van der Waals surface area (Å²) < 4.78 is 42.0. The number of nitrogens with zero attached hydrogens (tertiary/aromatic N) is 5. The molecule has 1 aromatic carbocycles. The minimum atomic E-state index is -4.69. The zero-order valence-corrected chi connectivity index (χ0v) is 21.2. The number of rotatable bonds is 4. The van der Waals surface area contributed by atoms with E-state index in [1.807, 2.05) is 34.7 Å². The van der Waals surface area contributed by atoms with E-state index in [4.69, 9.17) is 11.6 Å². The molecular formula is C23H23ClF3IN6. The van der Waals surface area contributed by atoms with E-state index in [1.54, 1.807) is 12.1 Å². The summed E-state index contributed by atoms with van der Waals surface area (Å²) in [7, 11) is 0. The summed E-state index contributed by atoms with van der Waals surface area (Å²) in [6.45, 7) is 2.36. The van der Waals surface area contributed by atoms with Gasteiger partial charge in [0.15, 0.2) is 5.82 Å². The third-order valence-electron chi connectivity index (χ3n) is 6.44. The molecule has 6 nitrogen and oxygen atoms in total. The molecule has 0 saturated carbocycles. The summed E-state index contributed by atoms with van der Waals surface area (Å²) >= 11 is 8.07. The summed E-state index contributed by atoms with van der Waals surface area (Å²) in [5.41, 5.74) is 3.19. The molecule has 2 aliphatic rings. The first kappa shape index (κ1) is 23.8. The van der Waals surface area contributed by atoms with Crippen LogP contribution in [0.1, 0.15) is 42.6 Å². The van der Waals surface area contributed by atoms with Crippen LogP contribution < -0.4 is 5.32 Å². The lowest BCUT2D eigenvalue weighted by Gasteiger charge is -2.25. The van der Waals surface area contributed by atoms with Crippen LogP contribution in [0.3, 0.4) is 0 Å². The Labute approximate surface area is 214 Å². The fraction of sp³-hybridized carbons (Fsp3) is 0.435. The van der Waals surface area contributed by atoms with Crippen molar-refractivity contribution in [3.8, 4) is 5.82 Å². The maximum absolute atomic E-state index is 13.4. The van der Waals surface area contributed by atoms with Gasteiger partial charge >= 0.3 is 6.18 Å². The number of hydrogen-bond acceptors (Lipinski definition) is 5. The highest BCUT2D eigenvalue weighted by atomic mass is 127. The fourth-order valence-electron chi connectivity index (χ4n) is 4.80. The molecule has 1 atom stereocenters. The highest BCUT2D eigenvalue weighted by Gasteiger charge is 2.37. The van der Waals surface area contributed by atoms with Crippen LogP contribution in [0.25, 0.3) is 5.82 Å². The number of pyridine rings is 1. The summed E-state index contributed by atoms with van der Waals surface area (Å²) in [4.78, 5) is 10.5. The van der Waals surface area contributed by atoms with Crippen molar-refractivity contribution < 1.29 is 13.2 Å². The van der Waals surface area contributed by atoms with Crippen molar-refractivity contribution in [2.75, 3.05) is 18.4 Å². The van der Waals surface area contributed by atoms with Crippen molar-refractivity contribution in [2.45, 2.75) is 50.7 Å². The SMILES string of the molecule is FC(F)(F)c1nc(Nc2ccc3c(c2)CCC(N2CCCC2)CC3)n(-c2cc(I)cc(Cl)n2)n1. The molecule has 1 aliphatic carbocycles. The van der Waals surface area contributed by atoms with Gasteiger partial charge in [-0.3, -0.25) is 0 Å². The number of likely N-dealkylation sites (tertiary alicyclic amines) is 1. The Bertz CT molecular complexity index is 1170. The minimum Gasteiger partial charge on any atom is -0.324 e. The number of hydrogen-bond donors (Lipinski definition) is 1. The number of halogens is 5. The molecule has 1 aliphatic heterocycles. The van der Waals surface area contributed by atoms with Gasteiger partial charge in [0, 0.05) is 15.3 Å². The second kappa shape index (κ2) is 9.62. The largest absolute Gasteiger partial charge is 0.453 e. The molecule has 0 spiro atoms. The van der Waals surface area contributed by atoms with Crippen LogP contribution in [-0.4, -0.2) is 43.8 Å². The van der Waals surface area contributed by atoms with Crippen molar-refractivity contribution in [2.24, 2.45) is 0 Å². The lowest BCUT2D eigenvalue weighted by Crippen LogP contribution is -2.32. The monoisotopic (exact) mass is 602 g/mol. The predicted octanol–water partition coefficient (Wildman–Crippen LogP) is 6.03. The van der Waals surface area contributed by atoms with E-state index in [2.05, 4.69) is 31.3 Å². The third-order valence-corrected chi connectivity index (χ3v) is 7.25. The molecule has 3 aromatic rings. The topological polar surface area (TPSA) is 58.9 Å². The standard InChI is InChI=1S/C23H23ClF3IN6/c24-19-12-16(28)13-20(30-19)34-22(31-21(32-34)23(25,26)27)29-17-6-3-14-4-7-18(8-5-15(14)11-17)33-9-1-2-10-33/h3,6,11-13,18H,1-2,4-5,7-10H2,(H,29,31,32). The van der Waals surface area contributed by atoms with Gasteiger partial charge in [0.2, 0.25) is 5.95 Å². The van der Waals surface area contributed by atoms with Gasteiger partial charge in [-0.15, -0.1) is 5.10 Å². The van der Waals surface area contributed by atoms with Crippen molar-refractivity contribution in [1.82, 2.24) is 24.6 Å². The minimum absolute atomic E-state index is 0.0681. The average Bonchev–Trinajstić information content (AvgIpc) is 3.40. The molecule has 11 heteroatoms. The molecule has 1 unspecified atom stereocenters. The van der Waals surface area contributed by atoms with Crippen LogP contribution >= 0.6 is 34.2 Å². The summed E-state index contributed by atoms with van der Waals surface area (Å²) in [5, 5.41) is 6.87. The fourth-order valence-corrected chi connectivity index (χ4v) is 5.77. The molecule has 0 radical (unpaired) electrons. The number of nitrogens with one attached hydrogen (secondary N) is 1. The predicted molar refractivity (Wildman–Crippen MR) is 133 cm³/mol. The highest BCUT2D eigenvalue weighted by molar-refractivity contribution is 14.1. The summed E-state index contributed by atoms with van der Waals surface area (Å²) in [6, 6.07) is 9.78. The quantitative estimate of drug-likeness (QED) is 0.225. The number of alkyl halides is 3. The Morgan fingerprint density at radius 2 is 1.74 bits per heavy atom. The van der Waals surface area contributed by atoms with Crippen LogP contribution in [-0.2, 0) is 19.0 Å². The number of anilines is 2. The molecule has 1 fully saturated rings. The van der Waals surface area contributed by atoms with Gasteiger partial charge in [-0.05, 0) is 110 Å². The molecule has 180 valence electrons. The lowest BCUT2D eigenvalue weighted by molar-refractivity contribution is -0.144. The van der Waals surface area contributed by atoms with E-state index < -0.39 is 12.0 Å². The lowest BCUT2D eigenvalue weighted by atomic mass is 10.0. The number of aryl methyl sites for hydroxylation is 2. The number of benzene rings is 1. The van der Waals surface area contributed by atoms with Crippen molar-refractivity contribution >= 4 is 45.8 Å². The smallest absolute Gasteiger partial charge is 0.324 e. The summed E-state index contributed by atoms with van der Waals surface area (Å²) in [6.07, 6.45) is 2.05. The van der Waals surface area contributed by atoms with Gasteiger partial charge in [0.25, 0.3) is 5.82 Å². The molecule has 3 heterocycles. The van der Waals surface area contributed by atoms with Crippen LogP contribution in [0.15, 0.2) is 30.3 Å². The first-order chi connectivity index (χ1) is 16.3. The molecule has 34 heavy (non-hydrogen) atoms. The summed E-state index contributed by atoms with van der Waals surface area (Å²) in [5.74, 6) is -1.15. The Kier molecular flexibility index (Phi) is 6.73. The van der Waals surface area contributed by atoms with Crippen molar-refractivity contribution in [3.05, 3.63) is 56.0 Å². The van der Waals surface area contributed by atoms with Gasteiger partial charge in [0.1, 0.15) is 5.15 Å². The molecule has 1 saturated heterocycles. The Morgan fingerprint density at radius 1 is 1.00 bits per heavy atom. The Morgan fingerprint density at radius 3 is 2.44 bits per heavy atom. The van der Waals surface area contributed by atoms with Crippen LogP contribution in [0, 0.1) is 3.57 Å². The molecule has 1 N–H and O–H groups in total. The van der Waals surface area contributed by atoms with Gasteiger partial charge in [-0.2, -0.15) is 22.8 Å². The van der Waals surface area contributed by atoms with E-state index in [0.29, 0.717) is 11.7 Å². The molecule has 0 amide bonds. The molecular weight excluding hydrogens is 580 g/mol. The molecule has 0 bridgehead atoms. The number of aromatic nitrogens is 4. The van der Waals surface area contributed by atoms with E-state index in [9.17, 15) is 13.2 Å². The second-order valence-electron chi connectivity index (χ2n) is 8.72. The number of fused-ring (bicyclic) bond motifs is 1. The maximum atomic E-state index is 13.4. The van der Waals surface area contributed by atoms with Gasteiger partial charge in [0.05, 0.1) is 0 Å². The Hall–Kier alpha value is -1.92. The Balaban J connectivity index is 1.43. The zero-order valence-electron chi connectivity index (χ0n) is 18.2. The van der Waals surface area contributed by atoms with Crippen LogP contribution in [0.2, 0.25) is 5.15 Å². The first-order valence-electron chi connectivity index (χ1n) is 11.3. The van der Waals surface area contributed by atoms with Gasteiger partial charge in [-0.1, -0.05) is 17.7 Å². The normalized spacial score (nSPS) is 19.1. The maximum Gasteiger partial charge on any atom is 0.453 e. The molecule has 5 rings (SSSR count). The second-order valence-corrected chi connectivity index (χ2v) is 10.4. The first-order valence-corrected chi connectivity index (χ1v) is 12.7. The van der Waals surface area contributed by atoms with Gasteiger partial charge in [-0.25, -0.2) is 4.98 Å². The third kappa shape index (κ3) is 5.18. The van der Waals surface area contributed by atoms with E-state index in [-0.39, 0.29) is 16.9 Å². The highest BCUT2D eigenvalue weighted by Crippen LogP contribution is 2.32. The van der Waals surface area contributed by atoms with E-state index in [0.717, 1.165) is 33.9 Å². The zero-order chi connectivity index (χ0) is 23.9. The average molecular weight is 603 g/mol. The van der Waals surface area contributed by atoms with Crippen LogP contribution in [0.4, 0.5) is 24.8 Å². The van der Waals surface area contributed by atoms with Crippen LogP contribution in [0.5, 0.6) is 0 Å².